The zero-order chi connectivity index (χ0) is 52.4. The van der Waals surface area contributed by atoms with Crippen molar-refractivity contribution in [1.82, 2.24) is 36.8 Å². The van der Waals surface area contributed by atoms with Gasteiger partial charge in [-0.3, -0.25) is 33.6 Å². The third-order valence-corrected chi connectivity index (χ3v) is 14.3. The van der Waals surface area contributed by atoms with Gasteiger partial charge in [0.25, 0.3) is 17.7 Å². The number of nitrogens with one attached hydrogen (secondary N) is 6. The number of aliphatic hydroxyl groups excluding tert-OH is 2. The molecular weight excluding hydrogens is 917 g/mol. The molecule has 2 aromatic rings. The van der Waals surface area contributed by atoms with Gasteiger partial charge in [-0.15, -0.1) is 0 Å². The normalized spacial score (nSPS) is 22.6. The van der Waals surface area contributed by atoms with Gasteiger partial charge in [-0.1, -0.05) is 63.6 Å². The van der Waals surface area contributed by atoms with Crippen LogP contribution < -0.4 is 54.8 Å². The maximum Gasteiger partial charge on any atom is 0.497 e. The van der Waals surface area contributed by atoms with E-state index in [4.69, 9.17) is 32.2 Å². The number of carbonyl (C=O) groups is 7. The van der Waals surface area contributed by atoms with E-state index in [2.05, 4.69) is 64.8 Å². The minimum Gasteiger partial charge on any atom is -0.403 e. The average Bonchev–Trinajstić information content (AvgIpc) is 3.71. The Morgan fingerprint density at radius 3 is 1.99 bits per heavy atom. The Morgan fingerprint density at radius 1 is 0.789 bits per heavy atom. The maximum absolute atomic E-state index is 13.6. The Kier molecular flexibility index (Phi) is 19.6. The summed E-state index contributed by atoms with van der Waals surface area (Å²) in [7, 11) is 0.226. The van der Waals surface area contributed by atoms with Crippen LogP contribution in [-0.4, -0.2) is 145 Å². The summed E-state index contributed by atoms with van der Waals surface area (Å²) in [5.74, 6) is -5.51. The van der Waals surface area contributed by atoms with Crippen LogP contribution in [0.3, 0.4) is 0 Å². The smallest absolute Gasteiger partial charge is 0.403 e. The average molecular weight is 992 g/mol. The number of aryl methyl sites for hydroxylation is 1. The Labute approximate surface area is 415 Å². The summed E-state index contributed by atoms with van der Waals surface area (Å²) in [6.45, 7) is 8.54. The van der Waals surface area contributed by atoms with Gasteiger partial charge in [0.15, 0.2) is 12.3 Å². The van der Waals surface area contributed by atoms with Crippen molar-refractivity contribution in [1.29, 1.82) is 0 Å². The molecule has 4 fully saturated rings. The molecule has 7 amide bonds. The zero-order valence-electron chi connectivity index (χ0n) is 41.6. The van der Waals surface area contributed by atoms with Crippen molar-refractivity contribution in [3.63, 3.8) is 0 Å². The summed E-state index contributed by atoms with van der Waals surface area (Å²) < 4.78 is 12.6. The second kappa shape index (κ2) is 24.7. The molecule has 0 aromatic heterocycles. The fraction of sp³-hybridized carbons (Fsp3) is 0.604. The number of rotatable bonds is 25. The molecular formula is C48H74BN11O11. The van der Waals surface area contributed by atoms with E-state index in [1.165, 1.54) is 12.5 Å². The highest BCUT2D eigenvalue weighted by atomic mass is 16.7. The zero-order valence-corrected chi connectivity index (χ0v) is 41.6. The molecule has 23 heteroatoms. The van der Waals surface area contributed by atoms with Crippen LogP contribution in [0, 0.1) is 17.3 Å². The number of carbonyl (C=O) groups excluding carboxylic acids is 7. The van der Waals surface area contributed by atoms with E-state index >= 15 is 0 Å². The van der Waals surface area contributed by atoms with Gasteiger partial charge in [0.1, 0.15) is 24.2 Å². The molecule has 1 aliphatic heterocycles. The third-order valence-electron chi connectivity index (χ3n) is 14.3. The van der Waals surface area contributed by atoms with E-state index in [1.807, 2.05) is 19.1 Å². The minimum atomic E-state index is -1.76. The number of aliphatic hydroxyl groups is 2. The first-order chi connectivity index (χ1) is 33.5. The molecule has 16 N–H and O–H groups in total. The van der Waals surface area contributed by atoms with Crippen LogP contribution >= 0.6 is 0 Å². The predicted molar refractivity (Wildman–Crippen MR) is 263 cm³/mol. The van der Waals surface area contributed by atoms with E-state index in [1.54, 1.807) is 24.3 Å². The van der Waals surface area contributed by atoms with Crippen molar-refractivity contribution in [2.75, 3.05) is 26.7 Å². The number of benzene rings is 2. The number of nitrogens with two attached hydrogens (primary N) is 4. The molecule has 2 bridgehead atoms. The van der Waals surface area contributed by atoms with E-state index < -0.39 is 110 Å². The Morgan fingerprint density at radius 2 is 1.39 bits per heavy atom. The molecule has 4 aliphatic rings. The number of nitrogens with zero attached hydrogens (tertiary/aromatic N) is 1. The number of hydrogen-bond donors (Lipinski definition) is 12. The van der Waals surface area contributed by atoms with Gasteiger partial charge >= 0.3 is 7.12 Å². The first kappa shape index (κ1) is 56.4. The summed E-state index contributed by atoms with van der Waals surface area (Å²) in [6.07, 6.45) is 0.938. The van der Waals surface area contributed by atoms with Gasteiger partial charge in [0.2, 0.25) is 23.6 Å². The van der Waals surface area contributed by atoms with E-state index in [-0.39, 0.29) is 29.4 Å². The van der Waals surface area contributed by atoms with Gasteiger partial charge in [0, 0.05) is 12.6 Å². The van der Waals surface area contributed by atoms with Crippen molar-refractivity contribution < 1.29 is 53.1 Å². The lowest BCUT2D eigenvalue weighted by Crippen LogP contribution is -2.65. The quantitative estimate of drug-likeness (QED) is 0.0297. The van der Waals surface area contributed by atoms with Crippen LogP contribution in [0.15, 0.2) is 48.5 Å². The van der Waals surface area contributed by atoms with Crippen molar-refractivity contribution in [3.05, 3.63) is 59.7 Å². The molecule has 11 atom stereocenters. The lowest BCUT2D eigenvalue weighted by Gasteiger charge is -2.64. The summed E-state index contributed by atoms with van der Waals surface area (Å²) in [5.41, 5.74) is 26.8. The van der Waals surface area contributed by atoms with Crippen molar-refractivity contribution in [3.8, 4) is 11.1 Å². The molecule has 6 rings (SSSR count). The molecule has 1 heterocycles. The van der Waals surface area contributed by atoms with E-state index in [9.17, 15) is 43.8 Å². The van der Waals surface area contributed by atoms with Crippen LogP contribution in [0.25, 0.3) is 11.1 Å². The Hall–Kier alpha value is -5.53. The molecule has 3 aliphatic carbocycles. The maximum atomic E-state index is 13.6. The Balaban J connectivity index is 1.08. The van der Waals surface area contributed by atoms with E-state index in [0.29, 0.717) is 25.3 Å². The van der Waals surface area contributed by atoms with E-state index in [0.717, 1.165) is 55.2 Å². The highest BCUT2D eigenvalue weighted by Crippen LogP contribution is 2.65. The van der Waals surface area contributed by atoms with Crippen molar-refractivity contribution >= 4 is 48.5 Å². The minimum absolute atomic E-state index is 0.0901. The SMILES string of the molecule is CCCCc1ccc(-c2ccc(C(=O)N[C@H](CO)C(=O)N[C@H](N)C(=O)NCC(=O)N(C)[C@H](C(=O)N[C@@H](N)C(=O)N[C@@H](CCCCN)C(=O)N[C@@H](N)B3OC4C[C@@H]5C[C@@H](C5(C)C)[C@]4(C)O3)C(C)O)cc2)cc1. The second-order valence-corrected chi connectivity index (χ2v) is 19.7. The predicted octanol–water partition coefficient (Wildman–Crippen LogP) is -1.80. The topological polar surface area (TPSA) is 358 Å². The van der Waals surface area contributed by atoms with Crippen LogP contribution in [0.4, 0.5) is 0 Å². The molecule has 22 nitrogen and oxygen atoms in total. The lowest BCUT2D eigenvalue weighted by atomic mass is 9.43. The summed E-state index contributed by atoms with van der Waals surface area (Å²) in [4.78, 5) is 93.2. The molecule has 2 unspecified atom stereocenters. The molecule has 2 aromatic carbocycles. The van der Waals surface area contributed by atoms with Gasteiger partial charge in [-0.05, 0) is 111 Å². The fourth-order valence-electron chi connectivity index (χ4n) is 9.80. The largest absolute Gasteiger partial charge is 0.497 e. The molecule has 3 saturated carbocycles. The number of likely N-dealkylation sites (N-methyl/N-ethyl adjacent to an activating group) is 1. The fourth-order valence-corrected chi connectivity index (χ4v) is 9.80. The lowest BCUT2D eigenvalue weighted by molar-refractivity contribution is -0.199. The van der Waals surface area contributed by atoms with Gasteiger partial charge < -0.3 is 79.3 Å². The van der Waals surface area contributed by atoms with Crippen LogP contribution in [0.5, 0.6) is 0 Å². The standard InChI is InChI=1S/C48H74BN11O11/c1-7-8-11-27-13-15-28(16-14-27)29-17-19-30(20-18-29)40(64)56-33(25-61)42(66)57-38(51)44(68)54-24-36(63)60(6)37(26(2)62)43(67)58-39(52)45(69)55-32(12-9-10-21-50)41(65)59-46(53)49-70-35-23-31-22-34(47(31,3)4)48(35,5)71-49/h13-20,26,31-35,37-39,46,61-62H,7-12,21-25,50-53H2,1-6H3,(H,54,68)(H,55,69)(H,56,64)(H,57,66)(H,58,67)(H,59,65)/t26?,31-,32-,33+,34-,35?,37-,38-,39+,46+,48-/m0/s1. The van der Waals surface area contributed by atoms with Crippen LogP contribution in [0.2, 0.25) is 0 Å². The Bertz CT molecular complexity index is 2200. The van der Waals surface area contributed by atoms with Crippen molar-refractivity contribution in [2.24, 2.45) is 40.2 Å². The van der Waals surface area contributed by atoms with Gasteiger partial charge in [0.05, 0.1) is 31.0 Å². The summed E-state index contributed by atoms with van der Waals surface area (Å²) in [5, 5.41) is 34.8. The second-order valence-electron chi connectivity index (χ2n) is 19.7. The third kappa shape index (κ3) is 13.7. The molecule has 71 heavy (non-hydrogen) atoms. The number of hydrogen-bond acceptors (Lipinski definition) is 15. The van der Waals surface area contributed by atoms with Gasteiger partial charge in [-0.2, -0.15) is 0 Å². The first-order valence-electron chi connectivity index (χ1n) is 24.4. The van der Waals surface area contributed by atoms with Crippen LogP contribution in [-0.2, 0) is 44.5 Å². The highest BCUT2D eigenvalue weighted by molar-refractivity contribution is 6.47. The highest BCUT2D eigenvalue weighted by Gasteiger charge is 2.68. The summed E-state index contributed by atoms with van der Waals surface area (Å²) in [6, 6.07) is 9.43. The molecule has 390 valence electrons. The van der Waals surface area contributed by atoms with Gasteiger partial charge in [-0.25, -0.2) is 0 Å². The molecule has 0 radical (unpaired) electrons. The van der Waals surface area contributed by atoms with Crippen molar-refractivity contribution in [2.45, 2.75) is 140 Å². The molecule has 1 saturated heterocycles. The number of amides is 7. The number of unbranched alkanes of at least 4 members (excludes halogenated alkanes) is 2. The monoisotopic (exact) mass is 992 g/mol. The van der Waals surface area contributed by atoms with Crippen LogP contribution in [0.1, 0.15) is 95.5 Å². The molecule has 0 spiro atoms. The summed E-state index contributed by atoms with van der Waals surface area (Å²) >= 11 is 0. The first-order valence-corrected chi connectivity index (χ1v) is 24.4.